The number of hydrogen-bond acceptors (Lipinski definition) is 5. The molecule has 25 heavy (non-hydrogen) atoms. The Labute approximate surface area is 151 Å². The summed E-state index contributed by atoms with van der Waals surface area (Å²) in [5.74, 6) is 1.56. The van der Waals surface area contributed by atoms with Crippen LogP contribution < -0.4 is 4.74 Å². The molecule has 126 valence electrons. The zero-order chi connectivity index (χ0) is 17.5. The van der Waals surface area contributed by atoms with E-state index in [0.29, 0.717) is 0 Å². The molecule has 5 nitrogen and oxygen atoms in total. The summed E-state index contributed by atoms with van der Waals surface area (Å²) in [6, 6.07) is 17.7. The lowest BCUT2D eigenvalue weighted by atomic mass is 10.2. The predicted molar refractivity (Wildman–Crippen MR) is 103 cm³/mol. The summed E-state index contributed by atoms with van der Waals surface area (Å²) in [7, 11) is 1.66. The molecule has 6 heteroatoms. The van der Waals surface area contributed by atoms with Gasteiger partial charge in [-0.2, -0.15) is 9.78 Å². The number of hydrogen-bond donors (Lipinski definition) is 0. The molecule has 0 spiro atoms. The minimum absolute atomic E-state index is 0.721. The Hall–Kier alpha value is -2.86. The maximum Gasteiger partial charge on any atom is 0.212 e. The second kappa shape index (κ2) is 8.30. The largest absolute Gasteiger partial charge is 0.497 e. The van der Waals surface area contributed by atoms with Crippen LogP contribution in [0.2, 0.25) is 0 Å². The highest BCUT2D eigenvalue weighted by atomic mass is 32.2. The van der Waals surface area contributed by atoms with Gasteiger partial charge in [0.05, 0.1) is 7.11 Å². The molecule has 3 aromatic rings. The number of nitrogens with zero attached hydrogens (tertiary/aromatic N) is 4. The molecule has 0 saturated heterocycles. The Morgan fingerprint density at radius 2 is 1.80 bits per heavy atom. The quantitative estimate of drug-likeness (QED) is 0.493. The Kier molecular flexibility index (Phi) is 5.64. The molecule has 0 radical (unpaired) electrons. The molecule has 0 N–H and O–H groups in total. The van der Waals surface area contributed by atoms with Gasteiger partial charge in [0.25, 0.3) is 0 Å². The molecule has 0 saturated carbocycles. The Morgan fingerprint density at radius 3 is 2.48 bits per heavy atom. The first-order valence-corrected chi connectivity index (χ1v) is 8.94. The van der Waals surface area contributed by atoms with E-state index < -0.39 is 0 Å². The van der Waals surface area contributed by atoms with Crippen molar-refractivity contribution in [1.82, 2.24) is 14.9 Å². The van der Waals surface area contributed by atoms with Crippen LogP contribution in [-0.4, -0.2) is 34.5 Å². The average molecular weight is 350 g/mol. The predicted octanol–water partition coefficient (Wildman–Crippen LogP) is 4.22. The smallest absolute Gasteiger partial charge is 0.212 e. The van der Waals surface area contributed by atoms with E-state index in [2.05, 4.69) is 15.3 Å². The van der Waals surface area contributed by atoms with Crippen molar-refractivity contribution in [2.75, 3.05) is 13.4 Å². The molecule has 0 atom stereocenters. The number of aromatic nitrogens is 3. The molecule has 3 rings (SSSR count). The molecule has 0 aliphatic heterocycles. The van der Waals surface area contributed by atoms with Crippen molar-refractivity contribution >= 4 is 24.1 Å². The van der Waals surface area contributed by atoms with Crippen LogP contribution in [0.3, 0.4) is 0 Å². The average Bonchev–Trinajstić information content (AvgIpc) is 3.09. The molecule has 1 aromatic heterocycles. The van der Waals surface area contributed by atoms with Gasteiger partial charge in [0.1, 0.15) is 5.75 Å². The van der Waals surface area contributed by atoms with Gasteiger partial charge in [-0.25, -0.2) is 0 Å². The van der Waals surface area contributed by atoms with Gasteiger partial charge in [-0.3, -0.25) is 0 Å². The fourth-order valence-corrected chi connectivity index (χ4v) is 2.67. The molecule has 0 amide bonds. The zero-order valence-electron chi connectivity index (χ0n) is 14.0. The lowest BCUT2D eigenvalue weighted by Gasteiger charge is -2.02. The molecule has 0 aliphatic carbocycles. The van der Waals surface area contributed by atoms with Gasteiger partial charge in [0.15, 0.2) is 5.82 Å². The van der Waals surface area contributed by atoms with Crippen molar-refractivity contribution in [2.45, 2.75) is 5.16 Å². The molecule has 0 unspecified atom stereocenters. The topological polar surface area (TPSA) is 52.3 Å². The third-order valence-corrected chi connectivity index (χ3v) is 4.12. The van der Waals surface area contributed by atoms with Gasteiger partial charge in [-0.15, -0.1) is 10.2 Å². The summed E-state index contributed by atoms with van der Waals surface area (Å²) in [5.41, 5.74) is 2.05. The molecule has 2 aromatic carbocycles. The third kappa shape index (κ3) is 4.16. The van der Waals surface area contributed by atoms with Gasteiger partial charge < -0.3 is 4.74 Å². The Bertz CT molecular complexity index is 870. The van der Waals surface area contributed by atoms with Gasteiger partial charge in [0, 0.05) is 11.8 Å². The fourth-order valence-electron chi connectivity index (χ4n) is 2.24. The normalized spacial score (nSPS) is 11.4. The van der Waals surface area contributed by atoms with E-state index in [0.717, 1.165) is 27.9 Å². The molecule has 0 fully saturated rings. The van der Waals surface area contributed by atoms with Crippen molar-refractivity contribution < 1.29 is 4.74 Å². The Morgan fingerprint density at radius 1 is 1.04 bits per heavy atom. The second-order valence-electron chi connectivity index (χ2n) is 5.08. The molecule has 0 bridgehead atoms. The highest BCUT2D eigenvalue weighted by molar-refractivity contribution is 7.98. The van der Waals surface area contributed by atoms with Crippen molar-refractivity contribution in [2.24, 2.45) is 5.10 Å². The maximum atomic E-state index is 5.15. The lowest BCUT2D eigenvalue weighted by molar-refractivity contribution is 0.415. The van der Waals surface area contributed by atoms with Crippen molar-refractivity contribution in [3.63, 3.8) is 0 Å². The van der Waals surface area contributed by atoms with Crippen LogP contribution in [0.5, 0.6) is 5.75 Å². The van der Waals surface area contributed by atoms with E-state index in [4.69, 9.17) is 4.74 Å². The summed E-state index contributed by atoms with van der Waals surface area (Å²) in [4.78, 5) is 0. The minimum Gasteiger partial charge on any atom is -0.497 e. The van der Waals surface area contributed by atoms with Crippen LogP contribution in [0.4, 0.5) is 0 Å². The van der Waals surface area contributed by atoms with E-state index in [9.17, 15) is 0 Å². The summed E-state index contributed by atoms with van der Waals surface area (Å²) in [5, 5.41) is 13.7. The van der Waals surface area contributed by atoms with E-state index in [1.165, 1.54) is 11.8 Å². The highest BCUT2D eigenvalue weighted by Crippen LogP contribution is 2.22. The standard InChI is InChI=1S/C19H18N4OS/c1-24-17-12-10-15(11-13-17)7-6-14-20-23-18(21-22-19(23)25-2)16-8-4-3-5-9-16/h3-14H,1-2H3/b7-6+,20-14-. The zero-order valence-corrected chi connectivity index (χ0v) is 14.9. The molecule has 0 aliphatic rings. The monoisotopic (exact) mass is 350 g/mol. The third-order valence-electron chi connectivity index (χ3n) is 3.50. The van der Waals surface area contributed by atoms with E-state index in [-0.39, 0.29) is 0 Å². The highest BCUT2D eigenvalue weighted by Gasteiger charge is 2.11. The number of thioether (sulfide) groups is 1. The first-order valence-electron chi connectivity index (χ1n) is 7.71. The lowest BCUT2D eigenvalue weighted by Crippen LogP contribution is -1.95. The summed E-state index contributed by atoms with van der Waals surface area (Å²) >= 11 is 1.51. The number of rotatable bonds is 6. The van der Waals surface area contributed by atoms with Crippen molar-refractivity contribution in [3.8, 4) is 17.1 Å². The van der Waals surface area contributed by atoms with Gasteiger partial charge in [-0.1, -0.05) is 60.3 Å². The number of ether oxygens (including phenoxy) is 1. The summed E-state index contributed by atoms with van der Waals surface area (Å²) < 4.78 is 6.90. The Balaban J connectivity index is 1.80. The van der Waals surface area contributed by atoms with Crippen LogP contribution in [0.15, 0.2) is 70.9 Å². The van der Waals surface area contributed by atoms with Crippen LogP contribution in [0.1, 0.15) is 5.56 Å². The number of benzene rings is 2. The first-order chi connectivity index (χ1) is 12.3. The van der Waals surface area contributed by atoms with E-state index in [1.54, 1.807) is 18.0 Å². The maximum absolute atomic E-state index is 5.15. The minimum atomic E-state index is 0.721. The van der Waals surface area contributed by atoms with E-state index >= 15 is 0 Å². The van der Waals surface area contributed by atoms with E-state index in [1.807, 2.05) is 73.0 Å². The summed E-state index contributed by atoms with van der Waals surface area (Å²) in [6.07, 6.45) is 7.56. The van der Waals surface area contributed by atoms with Crippen LogP contribution in [0.25, 0.3) is 17.5 Å². The van der Waals surface area contributed by atoms with Gasteiger partial charge in [0.2, 0.25) is 5.16 Å². The van der Waals surface area contributed by atoms with Crippen LogP contribution in [0, 0.1) is 0 Å². The summed E-state index contributed by atoms with van der Waals surface area (Å²) in [6.45, 7) is 0. The fraction of sp³-hybridized carbons (Fsp3) is 0.105. The van der Waals surface area contributed by atoms with Gasteiger partial charge >= 0.3 is 0 Å². The first kappa shape index (κ1) is 17.0. The van der Waals surface area contributed by atoms with Crippen molar-refractivity contribution in [3.05, 3.63) is 66.2 Å². The molecule has 1 heterocycles. The van der Waals surface area contributed by atoms with Crippen LogP contribution >= 0.6 is 11.8 Å². The second-order valence-corrected chi connectivity index (χ2v) is 5.86. The van der Waals surface area contributed by atoms with Crippen LogP contribution in [-0.2, 0) is 0 Å². The number of allylic oxidation sites excluding steroid dienone is 1. The van der Waals surface area contributed by atoms with Gasteiger partial charge in [-0.05, 0) is 30.0 Å². The van der Waals surface area contributed by atoms with Crippen molar-refractivity contribution in [1.29, 1.82) is 0 Å². The molecular weight excluding hydrogens is 332 g/mol. The molecular formula is C19H18N4OS. The number of methoxy groups -OCH3 is 1. The SMILES string of the molecule is COc1ccc(/C=C/C=N\n2c(SC)nnc2-c2ccccc2)cc1.